The van der Waals surface area contributed by atoms with Gasteiger partial charge in [-0.15, -0.1) is 0 Å². The molecule has 2 aromatic carbocycles. The number of phenols is 1. The normalized spacial score (nSPS) is 11.2. The van der Waals surface area contributed by atoms with Crippen molar-refractivity contribution in [3.8, 4) is 17.1 Å². The van der Waals surface area contributed by atoms with Gasteiger partial charge in [-0.1, -0.05) is 24.3 Å². The molecule has 116 valence electrons. The summed E-state index contributed by atoms with van der Waals surface area (Å²) >= 11 is 8.54. The fourth-order valence-corrected chi connectivity index (χ4v) is 2.70. The molecular weight excluding hydrogens is 376 g/mol. The van der Waals surface area contributed by atoms with Crippen LogP contribution in [0.25, 0.3) is 11.4 Å². The Labute approximate surface area is 146 Å². The summed E-state index contributed by atoms with van der Waals surface area (Å²) in [7, 11) is 0. The highest BCUT2D eigenvalue weighted by atomic mass is 79.9. The molecule has 0 spiro atoms. The van der Waals surface area contributed by atoms with Crippen molar-refractivity contribution in [1.29, 1.82) is 0 Å². The highest BCUT2D eigenvalue weighted by molar-refractivity contribution is 9.10. The molecule has 7 heteroatoms. The van der Waals surface area contributed by atoms with Crippen molar-refractivity contribution in [2.24, 2.45) is 5.10 Å². The average molecular weight is 389 g/mol. The maximum absolute atomic E-state index is 9.54. The van der Waals surface area contributed by atoms with E-state index in [1.807, 2.05) is 31.2 Å². The summed E-state index contributed by atoms with van der Waals surface area (Å²) in [5.74, 6) is 0.838. The van der Waals surface area contributed by atoms with Gasteiger partial charge < -0.3 is 5.11 Å². The minimum Gasteiger partial charge on any atom is -0.507 e. The van der Waals surface area contributed by atoms with Crippen LogP contribution >= 0.6 is 28.1 Å². The molecule has 0 amide bonds. The van der Waals surface area contributed by atoms with Crippen molar-refractivity contribution in [2.45, 2.75) is 6.92 Å². The number of aromatic nitrogens is 3. The first-order valence-electron chi connectivity index (χ1n) is 6.82. The van der Waals surface area contributed by atoms with Crippen molar-refractivity contribution in [3.63, 3.8) is 0 Å². The lowest BCUT2D eigenvalue weighted by Crippen LogP contribution is -1.96. The quantitative estimate of drug-likeness (QED) is 0.520. The molecule has 0 aliphatic carbocycles. The van der Waals surface area contributed by atoms with Crippen molar-refractivity contribution >= 4 is 34.4 Å². The summed E-state index contributed by atoms with van der Waals surface area (Å²) in [5.41, 5.74) is 2.88. The molecule has 5 nitrogen and oxygen atoms in total. The van der Waals surface area contributed by atoms with E-state index in [0.29, 0.717) is 15.1 Å². The van der Waals surface area contributed by atoms with Crippen LogP contribution < -0.4 is 0 Å². The molecule has 0 radical (unpaired) electrons. The van der Waals surface area contributed by atoms with Crippen LogP contribution in [0.2, 0.25) is 0 Å². The van der Waals surface area contributed by atoms with Gasteiger partial charge in [0.05, 0.1) is 10.7 Å². The van der Waals surface area contributed by atoms with Crippen LogP contribution in [0.4, 0.5) is 0 Å². The Morgan fingerprint density at radius 1 is 1.30 bits per heavy atom. The van der Waals surface area contributed by atoms with Gasteiger partial charge in [0.1, 0.15) is 5.75 Å². The second kappa shape index (κ2) is 6.47. The Hall–Kier alpha value is -2.25. The van der Waals surface area contributed by atoms with Gasteiger partial charge in [-0.2, -0.15) is 14.9 Å². The maximum atomic E-state index is 9.54. The molecule has 1 heterocycles. The lowest BCUT2D eigenvalue weighted by atomic mass is 10.1. The molecule has 3 aromatic rings. The molecular formula is C16H13BrN4OS. The van der Waals surface area contributed by atoms with E-state index in [2.05, 4.69) is 31.2 Å². The van der Waals surface area contributed by atoms with Crippen LogP contribution in [-0.4, -0.2) is 26.2 Å². The molecule has 0 atom stereocenters. The van der Waals surface area contributed by atoms with Gasteiger partial charge in [-0.3, -0.25) is 0 Å². The standard InChI is InChI=1S/C16H13BrN4OS/c1-10-4-2-3-5-12(10)15-19-20-16(23)21(15)18-9-11-6-7-14(22)13(17)8-11/h2-9,22H,1H3,(H,20,23)/b18-9+. The third-order valence-electron chi connectivity index (χ3n) is 3.33. The molecule has 0 saturated heterocycles. The topological polar surface area (TPSA) is 66.2 Å². The van der Waals surface area contributed by atoms with Gasteiger partial charge in [-0.25, -0.2) is 5.10 Å². The third-order valence-corrected chi connectivity index (χ3v) is 4.23. The largest absolute Gasteiger partial charge is 0.507 e. The van der Waals surface area contributed by atoms with E-state index in [1.54, 1.807) is 29.1 Å². The van der Waals surface area contributed by atoms with Crippen molar-refractivity contribution in [1.82, 2.24) is 14.9 Å². The lowest BCUT2D eigenvalue weighted by molar-refractivity contribution is 0.472. The zero-order chi connectivity index (χ0) is 16.4. The second-order valence-corrected chi connectivity index (χ2v) is 6.18. The number of nitrogens with zero attached hydrogens (tertiary/aromatic N) is 3. The number of H-pyrrole nitrogens is 1. The zero-order valence-electron chi connectivity index (χ0n) is 12.2. The second-order valence-electron chi connectivity index (χ2n) is 4.93. The Morgan fingerprint density at radius 3 is 2.83 bits per heavy atom. The molecule has 0 bridgehead atoms. The van der Waals surface area contributed by atoms with Crippen LogP contribution in [0.15, 0.2) is 52.0 Å². The zero-order valence-corrected chi connectivity index (χ0v) is 14.6. The van der Waals surface area contributed by atoms with Crippen molar-refractivity contribution in [3.05, 3.63) is 62.8 Å². The Kier molecular flexibility index (Phi) is 4.40. The molecule has 0 saturated carbocycles. The number of halogens is 1. The first-order chi connectivity index (χ1) is 11.1. The van der Waals surface area contributed by atoms with Crippen molar-refractivity contribution < 1.29 is 5.11 Å². The number of nitrogens with one attached hydrogen (secondary N) is 1. The molecule has 0 aliphatic rings. The molecule has 2 N–H and O–H groups in total. The van der Waals surface area contributed by atoms with Crippen LogP contribution in [-0.2, 0) is 0 Å². The van der Waals surface area contributed by atoms with Crippen LogP contribution in [0.5, 0.6) is 5.75 Å². The highest BCUT2D eigenvalue weighted by Crippen LogP contribution is 2.24. The Bertz CT molecular complexity index is 945. The summed E-state index contributed by atoms with van der Waals surface area (Å²) in [5, 5.41) is 21.0. The summed E-state index contributed by atoms with van der Waals surface area (Å²) in [4.78, 5) is 0. The van der Waals surface area contributed by atoms with E-state index in [9.17, 15) is 5.11 Å². The number of hydrogen-bond donors (Lipinski definition) is 2. The molecule has 23 heavy (non-hydrogen) atoms. The highest BCUT2D eigenvalue weighted by Gasteiger charge is 2.10. The van der Waals surface area contributed by atoms with Gasteiger partial charge in [0.15, 0.2) is 5.82 Å². The Morgan fingerprint density at radius 2 is 2.09 bits per heavy atom. The van der Waals surface area contributed by atoms with Crippen molar-refractivity contribution in [2.75, 3.05) is 0 Å². The van der Waals surface area contributed by atoms with Gasteiger partial charge in [0.2, 0.25) is 4.77 Å². The molecule has 0 aliphatic heterocycles. The first-order valence-corrected chi connectivity index (χ1v) is 8.02. The van der Waals surface area contributed by atoms with Crippen LogP contribution in [0, 0.1) is 11.7 Å². The number of benzene rings is 2. The minimum absolute atomic E-state index is 0.183. The predicted molar refractivity (Wildman–Crippen MR) is 96.4 cm³/mol. The van der Waals surface area contributed by atoms with E-state index in [4.69, 9.17) is 12.2 Å². The van der Waals surface area contributed by atoms with Gasteiger partial charge in [0, 0.05) is 5.56 Å². The number of aryl methyl sites for hydroxylation is 1. The van der Waals surface area contributed by atoms with E-state index >= 15 is 0 Å². The molecule has 3 rings (SSSR count). The monoisotopic (exact) mass is 388 g/mol. The fraction of sp³-hybridized carbons (Fsp3) is 0.0625. The van der Waals surface area contributed by atoms with E-state index < -0.39 is 0 Å². The van der Waals surface area contributed by atoms with Crippen LogP contribution in [0.3, 0.4) is 0 Å². The number of aromatic amines is 1. The molecule has 0 fully saturated rings. The van der Waals surface area contributed by atoms with Gasteiger partial charge >= 0.3 is 0 Å². The number of phenolic OH excluding ortho intramolecular Hbond substituents is 1. The number of aromatic hydroxyl groups is 1. The number of hydrogen-bond acceptors (Lipinski definition) is 4. The first kappa shape index (κ1) is 15.6. The SMILES string of the molecule is Cc1ccccc1-c1n[nH]c(=S)n1/N=C/c1ccc(O)c(Br)c1. The third kappa shape index (κ3) is 3.25. The minimum atomic E-state index is 0.183. The Balaban J connectivity index is 2.02. The smallest absolute Gasteiger partial charge is 0.216 e. The number of rotatable bonds is 3. The van der Waals surface area contributed by atoms with E-state index in [-0.39, 0.29) is 5.75 Å². The van der Waals surface area contributed by atoms with E-state index in [0.717, 1.165) is 16.7 Å². The summed E-state index contributed by atoms with van der Waals surface area (Å²) in [6.07, 6.45) is 1.66. The molecule has 0 unspecified atom stereocenters. The molecule has 1 aromatic heterocycles. The van der Waals surface area contributed by atoms with E-state index in [1.165, 1.54) is 0 Å². The summed E-state index contributed by atoms with van der Waals surface area (Å²) < 4.78 is 2.60. The summed E-state index contributed by atoms with van der Waals surface area (Å²) in [6, 6.07) is 13.0. The van der Waals surface area contributed by atoms with Gasteiger partial charge in [-0.05, 0) is 64.4 Å². The van der Waals surface area contributed by atoms with Crippen LogP contribution in [0.1, 0.15) is 11.1 Å². The predicted octanol–water partition coefficient (Wildman–Crippen LogP) is 4.27. The lowest BCUT2D eigenvalue weighted by Gasteiger charge is -2.04. The maximum Gasteiger partial charge on any atom is 0.216 e. The van der Waals surface area contributed by atoms with Gasteiger partial charge in [0.25, 0.3) is 0 Å². The fourth-order valence-electron chi connectivity index (χ4n) is 2.12. The summed E-state index contributed by atoms with van der Waals surface area (Å²) in [6.45, 7) is 2.01. The average Bonchev–Trinajstić information content (AvgIpc) is 2.90.